The summed E-state index contributed by atoms with van der Waals surface area (Å²) in [5.74, 6) is 0.575. The van der Waals surface area contributed by atoms with E-state index in [0.717, 1.165) is 30.9 Å². The van der Waals surface area contributed by atoms with Crippen LogP contribution >= 0.6 is 0 Å². The number of hydrogen-bond donors (Lipinski definition) is 1. The van der Waals surface area contributed by atoms with Crippen molar-refractivity contribution in [3.05, 3.63) is 59.2 Å². The van der Waals surface area contributed by atoms with Crippen molar-refractivity contribution in [3.63, 3.8) is 0 Å². The number of carboxylic acid groups (broad SMARTS) is 1. The zero-order valence-electron chi connectivity index (χ0n) is 13.9. The van der Waals surface area contributed by atoms with Crippen molar-refractivity contribution in [2.45, 2.75) is 26.1 Å². The van der Waals surface area contributed by atoms with Gasteiger partial charge in [-0.25, -0.2) is 4.79 Å². The van der Waals surface area contributed by atoms with Crippen molar-refractivity contribution >= 4 is 5.97 Å². The third-order valence-corrected chi connectivity index (χ3v) is 4.12. The van der Waals surface area contributed by atoms with Crippen LogP contribution in [0.2, 0.25) is 0 Å². The van der Waals surface area contributed by atoms with Gasteiger partial charge in [0.15, 0.2) is 0 Å². The largest absolute Gasteiger partial charge is 0.497 e. The Morgan fingerprint density at radius 3 is 2.71 bits per heavy atom. The Labute approximate surface area is 141 Å². The highest BCUT2D eigenvalue weighted by Crippen LogP contribution is 2.27. The van der Waals surface area contributed by atoms with Gasteiger partial charge in [0.25, 0.3) is 0 Å². The Morgan fingerprint density at radius 1 is 1.29 bits per heavy atom. The summed E-state index contributed by atoms with van der Waals surface area (Å²) in [5, 5.41) is 9.14. The first-order chi connectivity index (χ1) is 11.5. The molecule has 0 amide bonds. The smallest absolute Gasteiger partial charge is 0.335 e. The monoisotopic (exact) mass is 327 g/mol. The molecular formula is C19H21NO4. The van der Waals surface area contributed by atoms with Gasteiger partial charge in [0, 0.05) is 25.2 Å². The van der Waals surface area contributed by atoms with Crippen molar-refractivity contribution in [1.29, 1.82) is 0 Å². The first kappa shape index (κ1) is 16.3. The van der Waals surface area contributed by atoms with E-state index in [1.54, 1.807) is 19.2 Å². The first-order valence-corrected chi connectivity index (χ1v) is 7.93. The van der Waals surface area contributed by atoms with E-state index in [0.29, 0.717) is 5.75 Å². The van der Waals surface area contributed by atoms with Crippen LogP contribution in [0.3, 0.4) is 0 Å². The van der Waals surface area contributed by atoms with Crippen molar-refractivity contribution < 1.29 is 19.4 Å². The number of carboxylic acids is 1. The molecule has 1 aliphatic rings. The maximum Gasteiger partial charge on any atom is 0.335 e. The molecule has 24 heavy (non-hydrogen) atoms. The number of nitrogens with zero attached hydrogens (tertiary/aromatic N) is 1. The fourth-order valence-electron chi connectivity index (χ4n) is 2.96. The van der Waals surface area contributed by atoms with Crippen molar-refractivity contribution in [3.8, 4) is 11.5 Å². The quantitative estimate of drug-likeness (QED) is 0.934. The predicted molar refractivity (Wildman–Crippen MR) is 90.6 cm³/mol. The molecule has 0 radical (unpaired) electrons. The number of rotatable bonds is 4. The van der Waals surface area contributed by atoms with Crippen LogP contribution < -0.4 is 9.47 Å². The summed E-state index contributed by atoms with van der Waals surface area (Å²) in [4.78, 5) is 13.4. The second kappa shape index (κ2) is 6.93. The van der Waals surface area contributed by atoms with Crippen LogP contribution in [0.1, 0.15) is 28.4 Å². The van der Waals surface area contributed by atoms with E-state index in [9.17, 15) is 4.79 Å². The van der Waals surface area contributed by atoms with Crippen LogP contribution in [-0.4, -0.2) is 35.7 Å². The van der Waals surface area contributed by atoms with Crippen LogP contribution in [-0.2, 0) is 13.1 Å². The summed E-state index contributed by atoms with van der Waals surface area (Å²) in [5.41, 5.74) is 2.47. The van der Waals surface area contributed by atoms with Gasteiger partial charge in [-0.05, 0) is 36.8 Å². The van der Waals surface area contributed by atoms with E-state index in [2.05, 4.69) is 17.0 Å². The molecule has 0 fully saturated rings. The first-order valence-electron chi connectivity index (χ1n) is 7.93. The molecule has 3 rings (SSSR count). The lowest BCUT2D eigenvalue weighted by Gasteiger charge is -2.22. The molecule has 0 saturated heterocycles. The van der Waals surface area contributed by atoms with Crippen molar-refractivity contribution in [2.24, 2.45) is 0 Å². The number of fused-ring (bicyclic) bond motifs is 1. The molecule has 126 valence electrons. The third-order valence-electron chi connectivity index (χ3n) is 4.12. The van der Waals surface area contributed by atoms with Gasteiger partial charge in [-0.2, -0.15) is 0 Å². The fourth-order valence-corrected chi connectivity index (χ4v) is 2.96. The molecule has 2 aromatic rings. The van der Waals surface area contributed by atoms with E-state index in [1.165, 1.54) is 5.56 Å². The Kier molecular flexibility index (Phi) is 4.71. The normalized spacial score (nSPS) is 17.5. The lowest BCUT2D eigenvalue weighted by atomic mass is 10.1. The summed E-state index contributed by atoms with van der Waals surface area (Å²) >= 11 is 0. The Hall–Kier alpha value is -2.53. The Balaban J connectivity index is 1.79. The van der Waals surface area contributed by atoms with Crippen LogP contribution in [0.5, 0.6) is 11.5 Å². The molecule has 1 N–H and O–H groups in total. The average Bonchev–Trinajstić information content (AvgIpc) is 2.72. The minimum atomic E-state index is -0.937. The summed E-state index contributed by atoms with van der Waals surface area (Å²) in [6.45, 7) is 4.32. The summed E-state index contributed by atoms with van der Waals surface area (Å²) in [7, 11) is 1.66. The standard InChI is InChI=1S/C19H21NO4/c1-13-10-20(11-14-3-7-17(23-2)8-4-14)12-16-6-5-15(19(21)22)9-18(16)24-13/h3-9,13H,10-12H2,1-2H3,(H,21,22)/t13-/m0/s1. The van der Waals surface area contributed by atoms with Crippen LogP contribution in [0.25, 0.3) is 0 Å². The molecule has 5 nitrogen and oxygen atoms in total. The van der Waals surface area contributed by atoms with Gasteiger partial charge in [0.2, 0.25) is 0 Å². The summed E-state index contributed by atoms with van der Waals surface area (Å²) < 4.78 is 11.1. The zero-order valence-corrected chi connectivity index (χ0v) is 13.9. The van der Waals surface area contributed by atoms with E-state index in [1.807, 2.05) is 25.1 Å². The maximum atomic E-state index is 11.1. The van der Waals surface area contributed by atoms with Crippen LogP contribution in [0.15, 0.2) is 42.5 Å². The van der Waals surface area contributed by atoms with Crippen LogP contribution in [0, 0.1) is 0 Å². The number of aromatic carboxylic acids is 1. The molecule has 0 aliphatic carbocycles. The number of ether oxygens (including phenoxy) is 2. The van der Waals surface area contributed by atoms with Gasteiger partial charge in [-0.15, -0.1) is 0 Å². The molecule has 0 bridgehead atoms. The van der Waals surface area contributed by atoms with E-state index >= 15 is 0 Å². The topological polar surface area (TPSA) is 59.0 Å². The van der Waals surface area contributed by atoms with Crippen LogP contribution in [0.4, 0.5) is 0 Å². The molecule has 2 aromatic carbocycles. The molecule has 0 aromatic heterocycles. The highest BCUT2D eigenvalue weighted by Gasteiger charge is 2.21. The number of benzene rings is 2. The molecule has 0 saturated carbocycles. The zero-order chi connectivity index (χ0) is 17.1. The third kappa shape index (κ3) is 3.68. The number of hydrogen-bond acceptors (Lipinski definition) is 4. The molecule has 1 atom stereocenters. The van der Waals surface area contributed by atoms with Gasteiger partial charge in [-0.3, -0.25) is 4.90 Å². The summed E-state index contributed by atoms with van der Waals surface area (Å²) in [6.07, 6.45) is -0.00598. The second-order valence-electron chi connectivity index (χ2n) is 6.07. The minimum absolute atomic E-state index is 0.00598. The molecular weight excluding hydrogens is 306 g/mol. The molecule has 1 heterocycles. The Morgan fingerprint density at radius 2 is 2.04 bits per heavy atom. The van der Waals surface area contributed by atoms with Gasteiger partial charge in [0.1, 0.15) is 17.6 Å². The molecule has 0 spiro atoms. The van der Waals surface area contributed by atoms with Gasteiger partial charge in [0.05, 0.1) is 12.7 Å². The molecule has 0 unspecified atom stereocenters. The summed E-state index contributed by atoms with van der Waals surface area (Å²) in [6, 6.07) is 13.1. The maximum absolute atomic E-state index is 11.1. The highest BCUT2D eigenvalue weighted by atomic mass is 16.5. The van der Waals surface area contributed by atoms with Gasteiger partial charge < -0.3 is 14.6 Å². The van der Waals surface area contributed by atoms with Crippen molar-refractivity contribution in [2.75, 3.05) is 13.7 Å². The fraction of sp³-hybridized carbons (Fsp3) is 0.316. The Bertz CT molecular complexity index is 727. The predicted octanol–water partition coefficient (Wildman–Crippen LogP) is 3.18. The number of methoxy groups -OCH3 is 1. The molecule has 5 heteroatoms. The van der Waals surface area contributed by atoms with E-state index in [4.69, 9.17) is 14.6 Å². The van der Waals surface area contributed by atoms with E-state index in [-0.39, 0.29) is 11.7 Å². The van der Waals surface area contributed by atoms with E-state index < -0.39 is 5.97 Å². The van der Waals surface area contributed by atoms with Crippen molar-refractivity contribution in [1.82, 2.24) is 4.90 Å². The lowest BCUT2D eigenvalue weighted by molar-refractivity contribution is 0.0696. The SMILES string of the molecule is COc1ccc(CN2Cc3ccc(C(=O)O)cc3O[C@@H](C)C2)cc1. The average molecular weight is 327 g/mol. The number of carbonyl (C=O) groups is 1. The minimum Gasteiger partial charge on any atom is -0.497 e. The van der Waals surface area contributed by atoms with Gasteiger partial charge in [-0.1, -0.05) is 18.2 Å². The second-order valence-corrected chi connectivity index (χ2v) is 6.07. The lowest BCUT2D eigenvalue weighted by Crippen LogP contribution is -2.30. The highest BCUT2D eigenvalue weighted by molar-refractivity contribution is 5.88. The molecule has 1 aliphatic heterocycles. The van der Waals surface area contributed by atoms with Gasteiger partial charge >= 0.3 is 5.97 Å².